The maximum Gasteiger partial charge on any atom is 0.256 e. The topological polar surface area (TPSA) is 96.7 Å². The van der Waals surface area contributed by atoms with Crippen molar-refractivity contribution in [2.24, 2.45) is 0 Å². The van der Waals surface area contributed by atoms with Gasteiger partial charge in [-0.15, -0.1) is 0 Å². The first-order valence-electron chi connectivity index (χ1n) is 8.89. The summed E-state index contributed by atoms with van der Waals surface area (Å²) in [6, 6.07) is 12.3. The maximum atomic E-state index is 12.4. The number of nitrogens with one attached hydrogen (secondary N) is 2. The Balaban J connectivity index is 1.56. The molecule has 1 aliphatic heterocycles. The van der Waals surface area contributed by atoms with Gasteiger partial charge in [-0.3, -0.25) is 14.5 Å². The van der Waals surface area contributed by atoms with Crippen molar-refractivity contribution in [3.63, 3.8) is 0 Å². The van der Waals surface area contributed by atoms with E-state index < -0.39 is 0 Å². The standard InChI is InChI=1S/C20H24N4O3/c1-14-2-3-15(21)12-18(14)20(26)23-17-6-4-16(5-7-17)22-19(25)13-24-8-10-27-11-9-24/h2-7,12H,8-11,13,21H2,1H3,(H,22,25)(H,23,26). The van der Waals surface area contributed by atoms with Gasteiger partial charge in [0, 0.05) is 35.7 Å². The molecule has 0 aromatic heterocycles. The Kier molecular flexibility index (Phi) is 6.05. The van der Waals surface area contributed by atoms with Gasteiger partial charge in [-0.2, -0.15) is 0 Å². The van der Waals surface area contributed by atoms with Gasteiger partial charge >= 0.3 is 0 Å². The molecule has 1 aliphatic rings. The van der Waals surface area contributed by atoms with Crippen LogP contribution in [0.15, 0.2) is 42.5 Å². The van der Waals surface area contributed by atoms with Crippen LogP contribution in [0.5, 0.6) is 0 Å². The van der Waals surface area contributed by atoms with Crippen molar-refractivity contribution in [3.05, 3.63) is 53.6 Å². The first kappa shape index (κ1) is 18.9. The van der Waals surface area contributed by atoms with Crippen LogP contribution in [0.25, 0.3) is 0 Å². The summed E-state index contributed by atoms with van der Waals surface area (Å²) in [5.41, 5.74) is 9.03. The van der Waals surface area contributed by atoms with Crippen LogP contribution in [0.1, 0.15) is 15.9 Å². The number of carbonyl (C=O) groups excluding carboxylic acids is 2. The summed E-state index contributed by atoms with van der Waals surface area (Å²) in [6.07, 6.45) is 0. The van der Waals surface area contributed by atoms with Crippen LogP contribution in [0.4, 0.5) is 17.1 Å². The van der Waals surface area contributed by atoms with Gasteiger partial charge in [-0.25, -0.2) is 0 Å². The van der Waals surface area contributed by atoms with Gasteiger partial charge in [-0.1, -0.05) is 6.07 Å². The quantitative estimate of drug-likeness (QED) is 0.703. The molecule has 3 rings (SSSR count). The Morgan fingerprint density at radius 2 is 1.67 bits per heavy atom. The van der Waals surface area contributed by atoms with Gasteiger partial charge in [0.15, 0.2) is 0 Å². The smallest absolute Gasteiger partial charge is 0.256 e. The number of aryl methyl sites for hydroxylation is 1. The zero-order chi connectivity index (χ0) is 19.2. The van der Waals surface area contributed by atoms with E-state index in [1.165, 1.54) is 0 Å². The number of morpholine rings is 1. The molecule has 1 fully saturated rings. The minimum Gasteiger partial charge on any atom is -0.399 e. The van der Waals surface area contributed by atoms with Crippen molar-refractivity contribution in [1.82, 2.24) is 4.90 Å². The number of benzene rings is 2. The van der Waals surface area contributed by atoms with Crippen LogP contribution in [0.2, 0.25) is 0 Å². The summed E-state index contributed by atoms with van der Waals surface area (Å²) in [4.78, 5) is 26.6. The summed E-state index contributed by atoms with van der Waals surface area (Å²) in [5, 5.41) is 5.71. The van der Waals surface area contributed by atoms with Crippen LogP contribution in [0.3, 0.4) is 0 Å². The summed E-state index contributed by atoms with van der Waals surface area (Å²) in [5.74, 6) is -0.284. The highest BCUT2D eigenvalue weighted by Gasteiger charge is 2.14. The molecule has 1 saturated heterocycles. The molecule has 7 heteroatoms. The summed E-state index contributed by atoms with van der Waals surface area (Å²) in [7, 11) is 0. The molecule has 4 N–H and O–H groups in total. The molecule has 0 radical (unpaired) electrons. The molecule has 2 aromatic rings. The molecular weight excluding hydrogens is 344 g/mol. The van der Waals surface area contributed by atoms with Crippen molar-refractivity contribution in [2.45, 2.75) is 6.92 Å². The van der Waals surface area contributed by atoms with E-state index >= 15 is 0 Å². The fourth-order valence-corrected chi connectivity index (χ4v) is 2.88. The maximum absolute atomic E-state index is 12.4. The van der Waals surface area contributed by atoms with Crippen molar-refractivity contribution in [3.8, 4) is 0 Å². The number of ether oxygens (including phenoxy) is 1. The molecule has 27 heavy (non-hydrogen) atoms. The molecule has 1 heterocycles. The molecule has 2 amide bonds. The first-order valence-corrected chi connectivity index (χ1v) is 8.89. The molecule has 142 valence electrons. The molecule has 0 atom stereocenters. The first-order chi connectivity index (χ1) is 13.0. The summed E-state index contributed by atoms with van der Waals surface area (Å²) in [6.45, 7) is 5.06. The highest BCUT2D eigenvalue weighted by molar-refractivity contribution is 6.06. The lowest BCUT2D eigenvalue weighted by atomic mass is 10.1. The van der Waals surface area contributed by atoms with E-state index in [1.54, 1.807) is 36.4 Å². The molecule has 0 unspecified atom stereocenters. The fraction of sp³-hybridized carbons (Fsp3) is 0.300. The SMILES string of the molecule is Cc1ccc(N)cc1C(=O)Nc1ccc(NC(=O)CN2CCOCC2)cc1. The summed E-state index contributed by atoms with van der Waals surface area (Å²) >= 11 is 0. The number of nitrogens with two attached hydrogens (primary N) is 1. The van der Waals surface area contributed by atoms with Crippen molar-refractivity contribution >= 4 is 28.9 Å². The Bertz CT molecular complexity index is 814. The Hall–Kier alpha value is -2.90. The lowest BCUT2D eigenvalue weighted by Gasteiger charge is -2.25. The fourth-order valence-electron chi connectivity index (χ4n) is 2.88. The van der Waals surface area contributed by atoms with Crippen molar-refractivity contribution in [1.29, 1.82) is 0 Å². The monoisotopic (exact) mass is 368 g/mol. The second kappa shape index (κ2) is 8.66. The predicted molar refractivity (Wildman–Crippen MR) is 106 cm³/mol. The average Bonchev–Trinajstić information content (AvgIpc) is 2.66. The van der Waals surface area contributed by atoms with Gasteiger partial charge in [-0.05, 0) is 48.9 Å². The van der Waals surface area contributed by atoms with Crippen LogP contribution in [-0.2, 0) is 9.53 Å². The number of anilines is 3. The number of hydrogen-bond acceptors (Lipinski definition) is 5. The largest absolute Gasteiger partial charge is 0.399 e. The normalized spacial score (nSPS) is 14.6. The summed E-state index contributed by atoms with van der Waals surface area (Å²) < 4.78 is 5.28. The average molecular weight is 368 g/mol. The second-order valence-corrected chi connectivity index (χ2v) is 6.54. The van der Waals surface area contributed by atoms with Crippen molar-refractivity contribution < 1.29 is 14.3 Å². The van der Waals surface area contributed by atoms with E-state index in [0.29, 0.717) is 42.4 Å². The van der Waals surface area contributed by atoms with E-state index in [1.807, 2.05) is 13.0 Å². The molecule has 0 saturated carbocycles. The van der Waals surface area contributed by atoms with Crippen LogP contribution in [0, 0.1) is 6.92 Å². The molecular formula is C20H24N4O3. The van der Waals surface area contributed by atoms with Crippen LogP contribution >= 0.6 is 0 Å². The highest BCUT2D eigenvalue weighted by Crippen LogP contribution is 2.17. The number of rotatable bonds is 5. The number of carbonyl (C=O) groups is 2. The second-order valence-electron chi connectivity index (χ2n) is 6.54. The van der Waals surface area contributed by atoms with Gasteiger partial charge in [0.05, 0.1) is 19.8 Å². The highest BCUT2D eigenvalue weighted by atomic mass is 16.5. The van der Waals surface area contributed by atoms with E-state index in [4.69, 9.17) is 10.5 Å². The third-order valence-corrected chi connectivity index (χ3v) is 4.40. The van der Waals surface area contributed by atoms with E-state index in [2.05, 4.69) is 15.5 Å². The van der Waals surface area contributed by atoms with Crippen LogP contribution < -0.4 is 16.4 Å². The molecule has 0 bridgehead atoms. The Labute approximate surface area is 158 Å². The predicted octanol–water partition coefficient (Wildman–Crippen LogP) is 2.10. The van der Waals surface area contributed by atoms with Gasteiger partial charge in [0.1, 0.15) is 0 Å². The third kappa shape index (κ3) is 5.29. The molecule has 0 aliphatic carbocycles. The number of hydrogen-bond donors (Lipinski definition) is 3. The number of nitrogen functional groups attached to an aromatic ring is 1. The number of amides is 2. The van der Waals surface area contributed by atoms with Gasteiger partial charge in [0.2, 0.25) is 5.91 Å². The van der Waals surface area contributed by atoms with Gasteiger partial charge < -0.3 is 21.1 Å². The third-order valence-electron chi connectivity index (χ3n) is 4.40. The zero-order valence-electron chi connectivity index (χ0n) is 15.3. The Morgan fingerprint density at radius 1 is 1.04 bits per heavy atom. The zero-order valence-corrected chi connectivity index (χ0v) is 15.3. The van der Waals surface area contributed by atoms with E-state index in [-0.39, 0.29) is 11.8 Å². The van der Waals surface area contributed by atoms with E-state index in [9.17, 15) is 9.59 Å². The van der Waals surface area contributed by atoms with Crippen LogP contribution in [-0.4, -0.2) is 49.6 Å². The molecule has 7 nitrogen and oxygen atoms in total. The Morgan fingerprint density at radius 3 is 2.33 bits per heavy atom. The molecule has 0 spiro atoms. The van der Waals surface area contributed by atoms with E-state index in [0.717, 1.165) is 18.7 Å². The minimum absolute atomic E-state index is 0.0657. The van der Waals surface area contributed by atoms with Crippen molar-refractivity contribution in [2.75, 3.05) is 49.2 Å². The number of nitrogens with zero attached hydrogens (tertiary/aromatic N) is 1. The van der Waals surface area contributed by atoms with Gasteiger partial charge in [0.25, 0.3) is 5.91 Å². The minimum atomic E-state index is -0.219. The lowest BCUT2D eigenvalue weighted by molar-refractivity contribution is -0.118. The molecule has 2 aromatic carbocycles. The lowest BCUT2D eigenvalue weighted by Crippen LogP contribution is -2.41.